The highest BCUT2D eigenvalue weighted by Gasteiger charge is 2.19. The van der Waals surface area contributed by atoms with E-state index >= 15 is 0 Å². The molecule has 112 valence electrons. The van der Waals surface area contributed by atoms with E-state index in [1.54, 1.807) is 20.1 Å². The maximum Gasteiger partial charge on any atom is 0.344 e. The molecule has 0 fully saturated rings. The second-order valence-corrected chi connectivity index (χ2v) is 4.87. The number of carboxylic acids is 1. The van der Waals surface area contributed by atoms with Crippen molar-refractivity contribution in [3.8, 4) is 11.5 Å². The predicted molar refractivity (Wildman–Crippen MR) is 77.3 cm³/mol. The molecule has 1 atom stereocenters. The van der Waals surface area contributed by atoms with Crippen molar-refractivity contribution in [1.82, 2.24) is 5.32 Å². The summed E-state index contributed by atoms with van der Waals surface area (Å²) in [6.45, 7) is 6.65. The molecule has 0 aliphatic carbocycles. The quantitative estimate of drug-likeness (QED) is 0.766. The molecule has 0 aliphatic heterocycles. The topological polar surface area (TPSA) is 67.8 Å². The Morgan fingerprint density at radius 3 is 2.55 bits per heavy atom. The molecule has 0 amide bonds. The number of benzene rings is 1. The van der Waals surface area contributed by atoms with E-state index in [2.05, 4.69) is 19.2 Å². The summed E-state index contributed by atoms with van der Waals surface area (Å²) in [6, 6.07) is 5.91. The van der Waals surface area contributed by atoms with Crippen LogP contribution in [0.4, 0.5) is 0 Å². The number of carbonyl (C=O) groups is 1. The number of aliphatic carboxylic acids is 1. The number of hydrogen-bond donors (Lipinski definition) is 2. The monoisotopic (exact) mass is 281 g/mol. The Labute approximate surface area is 119 Å². The summed E-state index contributed by atoms with van der Waals surface area (Å²) in [6.07, 6.45) is -0.460. The van der Waals surface area contributed by atoms with Crippen LogP contribution in [0.1, 0.15) is 32.8 Å². The number of ether oxygens (including phenoxy) is 2. The lowest BCUT2D eigenvalue weighted by Crippen LogP contribution is -2.26. The molecule has 20 heavy (non-hydrogen) atoms. The Morgan fingerprint density at radius 2 is 2.05 bits per heavy atom. The smallest absolute Gasteiger partial charge is 0.344 e. The van der Waals surface area contributed by atoms with Crippen LogP contribution in [0.2, 0.25) is 0 Å². The highest BCUT2D eigenvalue weighted by atomic mass is 16.5. The van der Waals surface area contributed by atoms with Crippen LogP contribution in [0, 0.1) is 0 Å². The van der Waals surface area contributed by atoms with Gasteiger partial charge in [-0.15, -0.1) is 0 Å². The molecule has 0 saturated carbocycles. The van der Waals surface area contributed by atoms with Crippen LogP contribution in [-0.2, 0) is 11.3 Å². The lowest BCUT2D eigenvalue weighted by atomic mass is 10.2. The summed E-state index contributed by atoms with van der Waals surface area (Å²) in [7, 11) is 1.55. The number of methoxy groups -OCH3 is 1. The van der Waals surface area contributed by atoms with Crippen molar-refractivity contribution >= 4 is 5.97 Å². The summed E-state index contributed by atoms with van der Waals surface area (Å²) in [5.41, 5.74) is 1.06. The predicted octanol–water partition coefficient (Wildman–Crippen LogP) is 2.44. The molecule has 0 saturated heterocycles. The van der Waals surface area contributed by atoms with Gasteiger partial charge in [0.05, 0.1) is 7.11 Å². The highest BCUT2D eigenvalue weighted by molar-refractivity contribution is 5.72. The summed E-state index contributed by atoms with van der Waals surface area (Å²) in [4.78, 5) is 11.0. The lowest BCUT2D eigenvalue weighted by molar-refractivity contribution is -0.145. The Hall–Kier alpha value is -1.75. The molecule has 0 heterocycles. The van der Waals surface area contributed by atoms with Crippen LogP contribution >= 0.6 is 0 Å². The van der Waals surface area contributed by atoms with Crippen molar-refractivity contribution in [2.24, 2.45) is 0 Å². The van der Waals surface area contributed by atoms with Crippen molar-refractivity contribution in [1.29, 1.82) is 0 Å². The van der Waals surface area contributed by atoms with Gasteiger partial charge in [-0.05, 0) is 24.1 Å². The van der Waals surface area contributed by atoms with Gasteiger partial charge in [0.15, 0.2) is 17.6 Å². The Bertz CT molecular complexity index is 445. The van der Waals surface area contributed by atoms with Crippen molar-refractivity contribution in [3.63, 3.8) is 0 Å². The maximum absolute atomic E-state index is 11.0. The molecule has 0 bridgehead atoms. The van der Waals surface area contributed by atoms with Crippen molar-refractivity contribution in [2.75, 3.05) is 7.11 Å². The Balaban J connectivity index is 2.84. The van der Waals surface area contributed by atoms with E-state index in [0.717, 1.165) is 12.1 Å². The van der Waals surface area contributed by atoms with Crippen LogP contribution in [-0.4, -0.2) is 30.3 Å². The third-order valence-electron chi connectivity index (χ3n) is 2.86. The van der Waals surface area contributed by atoms with Crippen LogP contribution in [0.15, 0.2) is 18.2 Å². The summed E-state index contributed by atoms with van der Waals surface area (Å²) in [5, 5.41) is 12.3. The fourth-order valence-corrected chi connectivity index (χ4v) is 1.70. The molecule has 0 radical (unpaired) electrons. The first-order chi connectivity index (χ1) is 9.47. The zero-order chi connectivity index (χ0) is 15.1. The van der Waals surface area contributed by atoms with E-state index in [9.17, 15) is 4.79 Å². The average Bonchev–Trinajstić information content (AvgIpc) is 2.42. The molecule has 5 nitrogen and oxygen atoms in total. The molecule has 1 aromatic carbocycles. The summed E-state index contributed by atoms with van der Waals surface area (Å²) >= 11 is 0. The maximum atomic E-state index is 11.0. The summed E-state index contributed by atoms with van der Waals surface area (Å²) < 4.78 is 10.8. The van der Waals surface area contributed by atoms with Gasteiger partial charge in [0, 0.05) is 12.6 Å². The first-order valence-corrected chi connectivity index (χ1v) is 6.77. The van der Waals surface area contributed by atoms with E-state index in [-0.39, 0.29) is 0 Å². The molecule has 0 aliphatic rings. The van der Waals surface area contributed by atoms with Gasteiger partial charge in [0.2, 0.25) is 0 Å². The van der Waals surface area contributed by atoms with Gasteiger partial charge in [-0.2, -0.15) is 0 Å². The van der Waals surface area contributed by atoms with Gasteiger partial charge in [-0.25, -0.2) is 4.79 Å². The number of carboxylic acid groups (broad SMARTS) is 1. The largest absolute Gasteiger partial charge is 0.493 e. The van der Waals surface area contributed by atoms with Gasteiger partial charge in [-0.3, -0.25) is 0 Å². The Kier molecular flexibility index (Phi) is 6.31. The first-order valence-electron chi connectivity index (χ1n) is 6.77. The second kappa shape index (κ2) is 7.75. The first kappa shape index (κ1) is 16.3. The van der Waals surface area contributed by atoms with E-state index < -0.39 is 12.1 Å². The molecular weight excluding hydrogens is 258 g/mol. The second-order valence-electron chi connectivity index (χ2n) is 4.87. The molecule has 1 unspecified atom stereocenters. The molecule has 2 N–H and O–H groups in total. The van der Waals surface area contributed by atoms with Crippen LogP contribution in [0.5, 0.6) is 11.5 Å². The van der Waals surface area contributed by atoms with E-state index in [4.69, 9.17) is 14.6 Å². The number of rotatable bonds is 8. The molecule has 5 heteroatoms. The normalized spacial score (nSPS) is 12.2. The lowest BCUT2D eigenvalue weighted by Gasteiger charge is -2.17. The zero-order valence-corrected chi connectivity index (χ0v) is 12.5. The van der Waals surface area contributed by atoms with Crippen molar-refractivity contribution < 1.29 is 19.4 Å². The fraction of sp³-hybridized carbons (Fsp3) is 0.533. The van der Waals surface area contributed by atoms with Gasteiger partial charge in [0.1, 0.15) is 0 Å². The molecule has 0 aromatic heterocycles. The Morgan fingerprint density at radius 1 is 1.35 bits per heavy atom. The fourth-order valence-electron chi connectivity index (χ4n) is 1.70. The highest BCUT2D eigenvalue weighted by Crippen LogP contribution is 2.29. The van der Waals surface area contributed by atoms with Gasteiger partial charge in [-0.1, -0.05) is 26.8 Å². The summed E-state index contributed by atoms with van der Waals surface area (Å²) in [5.74, 6) is 0.0305. The van der Waals surface area contributed by atoms with Crippen LogP contribution in [0.3, 0.4) is 0 Å². The van der Waals surface area contributed by atoms with Crippen molar-refractivity contribution in [2.45, 2.75) is 45.9 Å². The van der Waals surface area contributed by atoms with E-state index in [0.29, 0.717) is 24.0 Å². The standard InChI is InChI=1S/C15H23NO4/c1-5-12(15(17)18)20-13-7-6-11(8-14(13)19-4)9-16-10(2)3/h6-8,10,12,16H,5,9H2,1-4H3,(H,17,18). The minimum absolute atomic E-state index is 0.397. The van der Waals surface area contributed by atoms with Crippen LogP contribution in [0.25, 0.3) is 0 Å². The van der Waals surface area contributed by atoms with Crippen molar-refractivity contribution in [3.05, 3.63) is 23.8 Å². The molecule has 1 aromatic rings. The zero-order valence-electron chi connectivity index (χ0n) is 12.5. The number of hydrogen-bond acceptors (Lipinski definition) is 4. The molecular formula is C15H23NO4. The van der Waals surface area contributed by atoms with E-state index in [1.165, 1.54) is 0 Å². The third-order valence-corrected chi connectivity index (χ3v) is 2.86. The minimum atomic E-state index is -0.972. The molecule has 1 rings (SSSR count). The minimum Gasteiger partial charge on any atom is -0.493 e. The average molecular weight is 281 g/mol. The molecule has 0 spiro atoms. The van der Waals surface area contributed by atoms with E-state index in [1.807, 2.05) is 12.1 Å². The van der Waals surface area contributed by atoms with Crippen LogP contribution < -0.4 is 14.8 Å². The van der Waals surface area contributed by atoms with Gasteiger partial charge in [0.25, 0.3) is 0 Å². The third kappa shape index (κ3) is 4.74. The van der Waals surface area contributed by atoms with Gasteiger partial charge < -0.3 is 19.9 Å². The SMILES string of the molecule is CCC(Oc1ccc(CNC(C)C)cc1OC)C(=O)O. The van der Waals surface area contributed by atoms with Gasteiger partial charge >= 0.3 is 5.97 Å². The number of nitrogens with one attached hydrogen (secondary N) is 1.